The third-order valence-electron chi connectivity index (χ3n) is 3.30. The molecule has 1 aromatic carbocycles. The smallest absolute Gasteiger partial charge is 0.225 e. The Labute approximate surface area is 118 Å². The summed E-state index contributed by atoms with van der Waals surface area (Å²) < 4.78 is 21.5. The van der Waals surface area contributed by atoms with Gasteiger partial charge in [0, 0.05) is 18.8 Å². The molecule has 1 heterocycles. The second-order valence-corrected chi connectivity index (χ2v) is 6.68. The van der Waals surface area contributed by atoms with Crippen molar-refractivity contribution in [2.75, 3.05) is 24.2 Å². The molecule has 110 valence electrons. The predicted molar refractivity (Wildman–Crippen MR) is 77.7 cm³/mol. The van der Waals surface area contributed by atoms with Crippen LogP contribution in [0.3, 0.4) is 0 Å². The number of primary sulfonamides is 1. The summed E-state index contributed by atoms with van der Waals surface area (Å²) in [4.78, 5) is 12.0. The Kier molecular flexibility index (Phi) is 4.61. The minimum Gasteiger partial charge on any atom is -0.384 e. The van der Waals surface area contributed by atoms with Crippen molar-refractivity contribution in [3.63, 3.8) is 0 Å². The molecule has 1 aliphatic rings. The van der Waals surface area contributed by atoms with Crippen LogP contribution in [0.4, 0.5) is 5.69 Å². The number of anilines is 1. The zero-order chi connectivity index (χ0) is 14.6. The third-order valence-corrected chi connectivity index (χ3v) is 4.16. The highest BCUT2D eigenvalue weighted by Crippen LogP contribution is 2.24. The molecule has 6 nitrogen and oxygen atoms in total. The van der Waals surface area contributed by atoms with Crippen LogP contribution in [-0.4, -0.2) is 33.2 Å². The van der Waals surface area contributed by atoms with Crippen molar-refractivity contribution >= 4 is 21.6 Å². The van der Waals surface area contributed by atoms with Crippen molar-refractivity contribution in [1.29, 1.82) is 0 Å². The maximum absolute atomic E-state index is 12.0. The van der Waals surface area contributed by atoms with Gasteiger partial charge in [-0.2, -0.15) is 0 Å². The predicted octanol–water partition coefficient (Wildman–Crippen LogP) is 0.0656. The normalized spacial score (nSPS) is 17.9. The van der Waals surface area contributed by atoms with E-state index in [1.165, 1.54) is 0 Å². The molecular formula is C13H19N3O3S. The molecule has 2 rings (SSSR count). The lowest BCUT2D eigenvalue weighted by atomic mass is 9.93. The van der Waals surface area contributed by atoms with E-state index in [9.17, 15) is 13.2 Å². The Balaban J connectivity index is 1.80. The molecule has 0 spiro atoms. The molecule has 4 N–H and O–H groups in total. The summed E-state index contributed by atoms with van der Waals surface area (Å²) in [6.45, 7) is 0.922. The standard InChI is InChI=1S/C13H19N3O3S/c14-20(18,19)7-3-6-15-13(17)11-8-10-4-1-2-5-12(10)16-9-11/h1-2,4-5,11,16H,3,6-9H2,(H,15,17)(H2,14,18,19). The first-order valence-electron chi connectivity index (χ1n) is 6.56. The topological polar surface area (TPSA) is 101 Å². The van der Waals surface area contributed by atoms with E-state index in [0.29, 0.717) is 25.9 Å². The molecule has 1 atom stereocenters. The van der Waals surface area contributed by atoms with Gasteiger partial charge in [0.25, 0.3) is 0 Å². The van der Waals surface area contributed by atoms with Gasteiger partial charge in [0.1, 0.15) is 0 Å². The van der Waals surface area contributed by atoms with E-state index >= 15 is 0 Å². The number of benzene rings is 1. The lowest BCUT2D eigenvalue weighted by molar-refractivity contribution is -0.124. The molecule has 1 unspecified atom stereocenters. The summed E-state index contributed by atoms with van der Waals surface area (Å²) in [5.74, 6) is -0.292. The Morgan fingerprint density at radius 1 is 1.40 bits per heavy atom. The van der Waals surface area contributed by atoms with Crippen LogP contribution in [0, 0.1) is 5.92 Å². The van der Waals surface area contributed by atoms with Gasteiger partial charge in [-0.25, -0.2) is 13.6 Å². The quantitative estimate of drug-likeness (QED) is 0.669. The maximum Gasteiger partial charge on any atom is 0.225 e. The van der Waals surface area contributed by atoms with Gasteiger partial charge >= 0.3 is 0 Å². The molecule has 20 heavy (non-hydrogen) atoms. The fraction of sp³-hybridized carbons (Fsp3) is 0.462. The first kappa shape index (κ1) is 14.8. The van der Waals surface area contributed by atoms with Crippen molar-refractivity contribution in [2.45, 2.75) is 12.8 Å². The van der Waals surface area contributed by atoms with E-state index < -0.39 is 10.0 Å². The number of nitrogens with two attached hydrogens (primary N) is 1. The second-order valence-electron chi connectivity index (χ2n) is 4.95. The van der Waals surface area contributed by atoms with Crippen molar-refractivity contribution in [3.8, 4) is 0 Å². The fourth-order valence-corrected chi connectivity index (χ4v) is 2.80. The highest BCUT2D eigenvalue weighted by Gasteiger charge is 2.23. The molecule has 0 aliphatic carbocycles. The van der Waals surface area contributed by atoms with Crippen LogP contribution in [0.1, 0.15) is 12.0 Å². The number of carbonyl (C=O) groups excluding carboxylic acids is 1. The Morgan fingerprint density at radius 3 is 2.90 bits per heavy atom. The van der Waals surface area contributed by atoms with Crippen LogP contribution in [0.15, 0.2) is 24.3 Å². The van der Waals surface area contributed by atoms with Gasteiger partial charge in [-0.15, -0.1) is 0 Å². The van der Waals surface area contributed by atoms with E-state index in [1.807, 2.05) is 24.3 Å². The number of para-hydroxylation sites is 1. The lowest BCUT2D eigenvalue weighted by Gasteiger charge is -2.25. The summed E-state index contributed by atoms with van der Waals surface area (Å²) in [5.41, 5.74) is 2.20. The number of nitrogens with one attached hydrogen (secondary N) is 2. The minimum atomic E-state index is -3.45. The third kappa shape index (κ3) is 4.21. The SMILES string of the molecule is NS(=O)(=O)CCCNC(=O)C1CNc2ccccc2C1. The average Bonchev–Trinajstić information content (AvgIpc) is 2.42. The van der Waals surface area contributed by atoms with Gasteiger partial charge in [0.2, 0.25) is 15.9 Å². The maximum atomic E-state index is 12.0. The second kappa shape index (κ2) is 6.23. The molecule has 0 bridgehead atoms. The van der Waals surface area contributed by atoms with Gasteiger partial charge in [0.15, 0.2) is 0 Å². The molecule has 0 saturated heterocycles. The Hall–Kier alpha value is -1.60. The van der Waals surface area contributed by atoms with E-state index in [4.69, 9.17) is 5.14 Å². The molecule has 0 fully saturated rings. The van der Waals surface area contributed by atoms with E-state index in [2.05, 4.69) is 10.6 Å². The monoisotopic (exact) mass is 297 g/mol. The van der Waals surface area contributed by atoms with Crippen LogP contribution < -0.4 is 15.8 Å². The number of sulfonamides is 1. The number of hydrogen-bond donors (Lipinski definition) is 3. The molecular weight excluding hydrogens is 278 g/mol. The molecule has 1 aliphatic heterocycles. The number of fused-ring (bicyclic) bond motifs is 1. The summed E-state index contributed by atoms with van der Waals surface area (Å²) in [6.07, 6.45) is 1.03. The van der Waals surface area contributed by atoms with Gasteiger partial charge in [-0.05, 0) is 24.5 Å². The number of hydrogen-bond acceptors (Lipinski definition) is 4. The first-order chi connectivity index (χ1) is 9.46. The summed E-state index contributed by atoms with van der Waals surface area (Å²) in [6, 6.07) is 7.91. The van der Waals surface area contributed by atoms with E-state index in [-0.39, 0.29) is 17.6 Å². The molecule has 1 aromatic rings. The van der Waals surface area contributed by atoms with E-state index in [0.717, 1.165) is 11.3 Å². The zero-order valence-electron chi connectivity index (χ0n) is 11.1. The minimum absolute atomic E-state index is 0.0542. The van der Waals surface area contributed by atoms with Gasteiger partial charge in [-0.1, -0.05) is 18.2 Å². The number of amides is 1. The van der Waals surface area contributed by atoms with Crippen molar-refractivity contribution in [1.82, 2.24) is 5.32 Å². The summed E-state index contributed by atoms with van der Waals surface area (Å²) >= 11 is 0. The van der Waals surface area contributed by atoms with Crippen LogP contribution >= 0.6 is 0 Å². The largest absolute Gasteiger partial charge is 0.384 e. The van der Waals surface area contributed by atoms with Crippen LogP contribution in [-0.2, 0) is 21.2 Å². The fourth-order valence-electron chi connectivity index (χ4n) is 2.26. The summed E-state index contributed by atoms with van der Waals surface area (Å²) in [7, 11) is -3.45. The zero-order valence-corrected chi connectivity index (χ0v) is 11.9. The van der Waals surface area contributed by atoms with Crippen LogP contribution in [0.5, 0.6) is 0 Å². The average molecular weight is 297 g/mol. The van der Waals surface area contributed by atoms with Crippen molar-refractivity contribution < 1.29 is 13.2 Å². The van der Waals surface area contributed by atoms with Gasteiger partial charge in [0.05, 0.1) is 11.7 Å². The Bertz CT molecular complexity index is 586. The first-order valence-corrected chi connectivity index (χ1v) is 8.27. The highest BCUT2D eigenvalue weighted by atomic mass is 32.2. The molecule has 1 amide bonds. The highest BCUT2D eigenvalue weighted by molar-refractivity contribution is 7.89. The molecule has 0 saturated carbocycles. The van der Waals surface area contributed by atoms with Crippen LogP contribution in [0.2, 0.25) is 0 Å². The number of rotatable bonds is 5. The van der Waals surface area contributed by atoms with Gasteiger partial charge in [-0.3, -0.25) is 4.79 Å². The van der Waals surface area contributed by atoms with E-state index in [1.54, 1.807) is 0 Å². The molecule has 0 radical (unpaired) electrons. The molecule has 0 aromatic heterocycles. The van der Waals surface area contributed by atoms with Crippen LogP contribution in [0.25, 0.3) is 0 Å². The van der Waals surface area contributed by atoms with Gasteiger partial charge < -0.3 is 10.6 Å². The molecule has 7 heteroatoms. The number of carbonyl (C=O) groups is 1. The van der Waals surface area contributed by atoms with Crippen molar-refractivity contribution in [2.24, 2.45) is 11.1 Å². The summed E-state index contributed by atoms with van der Waals surface area (Å²) in [5, 5.41) is 10.9. The van der Waals surface area contributed by atoms with Crippen molar-refractivity contribution in [3.05, 3.63) is 29.8 Å². The Morgan fingerprint density at radius 2 is 2.15 bits per heavy atom. The lowest BCUT2D eigenvalue weighted by Crippen LogP contribution is -2.39.